The Bertz CT molecular complexity index is 376. The largest absolute Gasteiger partial charge is 0.335 e. The van der Waals surface area contributed by atoms with Crippen molar-refractivity contribution in [3.8, 4) is 0 Å². The molecular weight excluding hydrogens is 204 g/mol. The van der Waals surface area contributed by atoms with Crippen molar-refractivity contribution in [3.63, 3.8) is 0 Å². The van der Waals surface area contributed by atoms with Crippen molar-refractivity contribution < 1.29 is 4.79 Å². The van der Waals surface area contributed by atoms with Gasteiger partial charge < -0.3 is 10.2 Å². The van der Waals surface area contributed by atoms with E-state index in [1.54, 1.807) is 12.4 Å². The molecule has 0 spiro atoms. The number of nitrogens with zero attached hydrogens (tertiary/aromatic N) is 3. The summed E-state index contributed by atoms with van der Waals surface area (Å²) in [4.78, 5) is 22.1. The summed E-state index contributed by atoms with van der Waals surface area (Å²) in [6, 6.07) is -0.0293. The fourth-order valence-corrected chi connectivity index (χ4v) is 1.86. The molecule has 16 heavy (non-hydrogen) atoms. The third kappa shape index (κ3) is 2.19. The predicted octanol–water partition coefficient (Wildman–Crippen LogP) is 0.105. The monoisotopic (exact) mass is 220 g/mol. The summed E-state index contributed by atoms with van der Waals surface area (Å²) in [5, 5.41) is 3.01. The van der Waals surface area contributed by atoms with Crippen molar-refractivity contribution in [2.75, 3.05) is 13.6 Å². The SMILES string of the molecule is CNC1CCN(Cc2cnc(C)cn2)C1=O. The summed E-state index contributed by atoms with van der Waals surface area (Å²) in [5.74, 6) is 0.157. The lowest BCUT2D eigenvalue weighted by molar-refractivity contribution is -0.129. The molecule has 1 atom stereocenters. The van der Waals surface area contributed by atoms with E-state index in [2.05, 4.69) is 15.3 Å². The molecule has 5 nitrogen and oxygen atoms in total. The average molecular weight is 220 g/mol. The standard InChI is InChI=1S/C11H16N4O/c1-8-5-14-9(6-13-8)7-15-4-3-10(12-2)11(15)16/h5-6,10,12H,3-4,7H2,1-2H3. The lowest BCUT2D eigenvalue weighted by Gasteiger charge is -2.15. The number of aromatic nitrogens is 2. The Labute approximate surface area is 94.9 Å². The van der Waals surface area contributed by atoms with Gasteiger partial charge in [0.15, 0.2) is 0 Å². The summed E-state index contributed by atoms with van der Waals surface area (Å²) < 4.78 is 0. The van der Waals surface area contributed by atoms with Gasteiger partial charge in [-0.1, -0.05) is 0 Å². The van der Waals surface area contributed by atoms with Gasteiger partial charge in [-0.25, -0.2) is 0 Å². The maximum Gasteiger partial charge on any atom is 0.240 e. The molecule has 1 aliphatic heterocycles. The van der Waals surface area contributed by atoms with E-state index in [1.807, 2.05) is 18.9 Å². The lowest BCUT2D eigenvalue weighted by Crippen LogP contribution is -2.36. The van der Waals surface area contributed by atoms with E-state index >= 15 is 0 Å². The van der Waals surface area contributed by atoms with E-state index in [0.29, 0.717) is 6.54 Å². The first kappa shape index (κ1) is 11.0. The third-order valence-electron chi connectivity index (χ3n) is 2.83. The number of rotatable bonds is 3. The van der Waals surface area contributed by atoms with Crippen LogP contribution in [0, 0.1) is 6.92 Å². The Morgan fingerprint density at radius 1 is 1.50 bits per heavy atom. The molecular formula is C11H16N4O. The van der Waals surface area contributed by atoms with Crippen LogP contribution >= 0.6 is 0 Å². The Morgan fingerprint density at radius 2 is 2.31 bits per heavy atom. The molecule has 1 unspecified atom stereocenters. The number of nitrogens with one attached hydrogen (secondary N) is 1. The highest BCUT2D eigenvalue weighted by Gasteiger charge is 2.30. The fraction of sp³-hybridized carbons (Fsp3) is 0.545. The summed E-state index contributed by atoms with van der Waals surface area (Å²) in [5.41, 5.74) is 1.74. The molecule has 0 aliphatic carbocycles. The van der Waals surface area contributed by atoms with Gasteiger partial charge in [0.2, 0.25) is 5.91 Å². The average Bonchev–Trinajstić information content (AvgIpc) is 2.63. The third-order valence-corrected chi connectivity index (χ3v) is 2.83. The molecule has 1 aromatic heterocycles. The molecule has 2 rings (SSSR count). The second kappa shape index (κ2) is 4.57. The topological polar surface area (TPSA) is 58.1 Å². The van der Waals surface area contributed by atoms with E-state index in [1.165, 1.54) is 0 Å². The van der Waals surface area contributed by atoms with Crippen molar-refractivity contribution in [2.24, 2.45) is 0 Å². The van der Waals surface area contributed by atoms with Gasteiger partial charge in [-0.15, -0.1) is 0 Å². The van der Waals surface area contributed by atoms with Gasteiger partial charge in [-0.3, -0.25) is 14.8 Å². The molecule has 86 valence electrons. The number of hydrogen-bond donors (Lipinski definition) is 1. The molecule has 2 heterocycles. The first-order chi connectivity index (χ1) is 7.70. The molecule has 1 fully saturated rings. The minimum atomic E-state index is -0.0293. The first-order valence-corrected chi connectivity index (χ1v) is 5.44. The van der Waals surface area contributed by atoms with Crippen molar-refractivity contribution in [3.05, 3.63) is 23.8 Å². The zero-order chi connectivity index (χ0) is 11.5. The van der Waals surface area contributed by atoms with Crippen LogP contribution in [0.4, 0.5) is 0 Å². The predicted molar refractivity (Wildman–Crippen MR) is 59.7 cm³/mol. The second-order valence-electron chi connectivity index (χ2n) is 4.04. The Morgan fingerprint density at radius 3 is 2.88 bits per heavy atom. The minimum Gasteiger partial charge on any atom is -0.335 e. The number of likely N-dealkylation sites (tertiary alicyclic amines) is 1. The number of amides is 1. The number of carbonyl (C=O) groups is 1. The van der Waals surface area contributed by atoms with E-state index in [0.717, 1.165) is 24.4 Å². The summed E-state index contributed by atoms with van der Waals surface area (Å²) in [7, 11) is 1.82. The molecule has 1 N–H and O–H groups in total. The van der Waals surface area contributed by atoms with Crippen LogP contribution in [-0.2, 0) is 11.3 Å². The van der Waals surface area contributed by atoms with E-state index in [4.69, 9.17) is 0 Å². The van der Waals surface area contributed by atoms with Gasteiger partial charge in [-0.2, -0.15) is 0 Å². The van der Waals surface area contributed by atoms with Crippen molar-refractivity contribution in [1.82, 2.24) is 20.2 Å². The molecule has 1 aliphatic rings. The molecule has 1 saturated heterocycles. The maximum atomic E-state index is 11.8. The van der Waals surface area contributed by atoms with E-state index in [-0.39, 0.29) is 11.9 Å². The van der Waals surface area contributed by atoms with Crippen LogP contribution in [0.2, 0.25) is 0 Å². The molecule has 0 bridgehead atoms. The van der Waals surface area contributed by atoms with E-state index in [9.17, 15) is 4.79 Å². The van der Waals surface area contributed by atoms with Crippen LogP contribution in [-0.4, -0.2) is 40.4 Å². The smallest absolute Gasteiger partial charge is 0.240 e. The first-order valence-electron chi connectivity index (χ1n) is 5.44. The number of likely N-dealkylation sites (N-methyl/N-ethyl adjacent to an activating group) is 1. The Balaban J connectivity index is 2.01. The molecule has 0 aromatic carbocycles. The molecule has 5 heteroatoms. The minimum absolute atomic E-state index is 0.0293. The maximum absolute atomic E-state index is 11.8. The van der Waals surface area contributed by atoms with Gasteiger partial charge in [0.1, 0.15) is 0 Å². The van der Waals surface area contributed by atoms with Crippen LogP contribution < -0.4 is 5.32 Å². The van der Waals surface area contributed by atoms with Crippen molar-refractivity contribution >= 4 is 5.91 Å². The molecule has 1 amide bonds. The van der Waals surface area contributed by atoms with Crippen LogP contribution in [0.1, 0.15) is 17.8 Å². The number of carbonyl (C=O) groups excluding carboxylic acids is 1. The fourth-order valence-electron chi connectivity index (χ4n) is 1.86. The highest BCUT2D eigenvalue weighted by Crippen LogP contribution is 2.13. The van der Waals surface area contributed by atoms with Crippen LogP contribution in [0.15, 0.2) is 12.4 Å². The number of hydrogen-bond acceptors (Lipinski definition) is 4. The van der Waals surface area contributed by atoms with Gasteiger partial charge in [0.25, 0.3) is 0 Å². The highest BCUT2D eigenvalue weighted by atomic mass is 16.2. The quantitative estimate of drug-likeness (QED) is 0.785. The van der Waals surface area contributed by atoms with Crippen LogP contribution in [0.25, 0.3) is 0 Å². The normalized spacial score (nSPS) is 20.5. The van der Waals surface area contributed by atoms with Gasteiger partial charge in [0.05, 0.1) is 30.2 Å². The highest BCUT2D eigenvalue weighted by molar-refractivity contribution is 5.83. The number of aryl methyl sites for hydroxylation is 1. The van der Waals surface area contributed by atoms with Crippen molar-refractivity contribution in [1.29, 1.82) is 0 Å². The lowest BCUT2D eigenvalue weighted by atomic mass is 10.3. The summed E-state index contributed by atoms with van der Waals surface area (Å²) >= 11 is 0. The van der Waals surface area contributed by atoms with E-state index < -0.39 is 0 Å². The molecule has 0 radical (unpaired) electrons. The van der Waals surface area contributed by atoms with Gasteiger partial charge in [0, 0.05) is 12.7 Å². The zero-order valence-electron chi connectivity index (χ0n) is 9.60. The summed E-state index contributed by atoms with van der Waals surface area (Å²) in [6.07, 6.45) is 4.33. The summed E-state index contributed by atoms with van der Waals surface area (Å²) in [6.45, 7) is 3.25. The Hall–Kier alpha value is -1.49. The second-order valence-corrected chi connectivity index (χ2v) is 4.04. The van der Waals surface area contributed by atoms with Crippen LogP contribution in [0.3, 0.4) is 0 Å². The van der Waals surface area contributed by atoms with Gasteiger partial charge >= 0.3 is 0 Å². The van der Waals surface area contributed by atoms with Gasteiger partial charge in [-0.05, 0) is 20.4 Å². The zero-order valence-corrected chi connectivity index (χ0v) is 9.60. The molecule has 0 saturated carbocycles. The van der Waals surface area contributed by atoms with Crippen LogP contribution in [0.5, 0.6) is 0 Å². The van der Waals surface area contributed by atoms with Crippen molar-refractivity contribution in [2.45, 2.75) is 25.9 Å². The molecule has 1 aromatic rings. The Kier molecular flexibility index (Phi) is 3.14.